The molecule has 0 aromatic heterocycles. The smallest absolute Gasteiger partial charge is 0.411 e. The number of amides is 1. The summed E-state index contributed by atoms with van der Waals surface area (Å²) in [6.07, 6.45) is -0.981. The van der Waals surface area contributed by atoms with Crippen LogP contribution in [0.15, 0.2) is 63.8 Å². The van der Waals surface area contributed by atoms with Crippen molar-refractivity contribution in [2.24, 2.45) is 0 Å². The van der Waals surface area contributed by atoms with E-state index in [0.29, 0.717) is 39.1 Å². The van der Waals surface area contributed by atoms with Gasteiger partial charge in [-0.15, -0.1) is 0 Å². The fraction of sp³-hybridized carbons (Fsp3) is 0.160. The van der Waals surface area contributed by atoms with Crippen LogP contribution in [0.3, 0.4) is 0 Å². The van der Waals surface area contributed by atoms with Crippen LogP contribution in [-0.4, -0.2) is 23.3 Å². The molecule has 1 amide bonds. The first kappa shape index (κ1) is 21.1. The Morgan fingerprint density at radius 2 is 1.75 bits per heavy atom. The van der Waals surface area contributed by atoms with Gasteiger partial charge in [0.15, 0.2) is 5.43 Å². The number of hydrogen-bond acceptors (Lipinski definition) is 5. The Hall–Kier alpha value is -4.13. The summed E-state index contributed by atoms with van der Waals surface area (Å²) < 4.78 is 11.0. The van der Waals surface area contributed by atoms with Crippen LogP contribution in [0.25, 0.3) is 33.4 Å². The lowest BCUT2D eigenvalue weighted by molar-refractivity contribution is 0.0697. The quantitative estimate of drug-likeness (QED) is 0.412. The summed E-state index contributed by atoms with van der Waals surface area (Å²) in [6.45, 7) is 5.36. The maximum Gasteiger partial charge on any atom is 0.411 e. The molecule has 162 valence electrons. The number of ether oxygens (including phenoxy) is 1. The fourth-order valence-corrected chi connectivity index (χ4v) is 3.65. The van der Waals surface area contributed by atoms with Crippen molar-refractivity contribution in [3.05, 3.63) is 75.9 Å². The summed E-state index contributed by atoms with van der Waals surface area (Å²) >= 11 is 0. The molecule has 2 N–H and O–H groups in total. The highest BCUT2D eigenvalue weighted by Crippen LogP contribution is 2.41. The van der Waals surface area contributed by atoms with E-state index < -0.39 is 12.1 Å². The number of anilines is 1. The van der Waals surface area contributed by atoms with Crippen LogP contribution in [0.2, 0.25) is 0 Å². The zero-order valence-electron chi connectivity index (χ0n) is 17.8. The second-order valence-corrected chi connectivity index (χ2v) is 7.78. The molecule has 0 spiro atoms. The lowest BCUT2D eigenvalue weighted by atomic mass is 9.90. The molecule has 0 fully saturated rings. The van der Waals surface area contributed by atoms with E-state index in [1.807, 2.05) is 25.1 Å². The van der Waals surface area contributed by atoms with Gasteiger partial charge in [0.2, 0.25) is 0 Å². The van der Waals surface area contributed by atoms with Gasteiger partial charge in [0.25, 0.3) is 0 Å². The number of aryl methyl sites for hydroxylation is 1. The molecular weight excluding hydrogens is 410 g/mol. The lowest BCUT2D eigenvalue weighted by Gasteiger charge is -2.17. The van der Waals surface area contributed by atoms with Gasteiger partial charge in [0.05, 0.1) is 11.7 Å². The van der Waals surface area contributed by atoms with Crippen molar-refractivity contribution < 1.29 is 23.8 Å². The van der Waals surface area contributed by atoms with Crippen molar-refractivity contribution in [1.29, 1.82) is 0 Å². The number of carbonyl (C=O) groups is 2. The minimum absolute atomic E-state index is 0.00655. The van der Waals surface area contributed by atoms with Crippen molar-refractivity contribution in [1.82, 2.24) is 0 Å². The summed E-state index contributed by atoms with van der Waals surface area (Å²) in [5.41, 5.74) is 3.27. The summed E-state index contributed by atoms with van der Waals surface area (Å²) in [7, 11) is 0. The topological polar surface area (TPSA) is 106 Å². The van der Waals surface area contributed by atoms with E-state index in [9.17, 15) is 19.5 Å². The van der Waals surface area contributed by atoms with Crippen molar-refractivity contribution in [3.8, 4) is 22.5 Å². The van der Waals surface area contributed by atoms with Gasteiger partial charge in [-0.25, -0.2) is 9.59 Å². The highest BCUT2D eigenvalue weighted by atomic mass is 16.6. The molecule has 0 radical (unpaired) electrons. The molecule has 0 saturated heterocycles. The highest BCUT2D eigenvalue weighted by molar-refractivity contribution is 6.08. The molecule has 0 saturated carbocycles. The SMILES string of the molecule is Cc1ccc2c(-c3ccc(NC(=O)OC(C)C)cc3C(=O)O)c3ccc(=O)cc-3oc2c1. The van der Waals surface area contributed by atoms with E-state index >= 15 is 0 Å². The summed E-state index contributed by atoms with van der Waals surface area (Å²) in [4.78, 5) is 36.1. The second kappa shape index (κ2) is 8.19. The van der Waals surface area contributed by atoms with Crippen molar-refractivity contribution in [2.45, 2.75) is 26.9 Å². The summed E-state index contributed by atoms with van der Waals surface area (Å²) in [6, 6.07) is 14.7. The number of rotatable bonds is 4. The van der Waals surface area contributed by atoms with Gasteiger partial charge >= 0.3 is 12.1 Å². The second-order valence-electron chi connectivity index (χ2n) is 7.78. The summed E-state index contributed by atoms with van der Waals surface area (Å²) in [5.74, 6) is -0.792. The van der Waals surface area contributed by atoms with E-state index in [1.165, 1.54) is 18.2 Å². The minimum atomic E-state index is -1.16. The third-order valence-corrected chi connectivity index (χ3v) is 4.96. The molecule has 0 atom stereocenters. The molecule has 0 unspecified atom stereocenters. The Balaban J connectivity index is 1.96. The molecule has 1 heterocycles. The van der Waals surface area contributed by atoms with Crippen LogP contribution < -0.4 is 10.7 Å². The first-order chi connectivity index (χ1) is 15.2. The molecule has 2 aliphatic rings. The molecule has 4 rings (SSSR count). The predicted octanol–water partition coefficient (Wildman–Crippen LogP) is 5.53. The maximum absolute atomic E-state index is 12.2. The van der Waals surface area contributed by atoms with Crippen LogP contribution >= 0.6 is 0 Å². The van der Waals surface area contributed by atoms with Gasteiger partial charge in [0.1, 0.15) is 11.3 Å². The van der Waals surface area contributed by atoms with Crippen LogP contribution in [0, 0.1) is 6.92 Å². The Kier molecular flexibility index (Phi) is 5.40. The number of carboxylic acid groups (broad SMARTS) is 1. The minimum Gasteiger partial charge on any atom is -0.478 e. The van der Waals surface area contributed by atoms with E-state index in [2.05, 4.69) is 5.32 Å². The Labute approximate surface area is 183 Å². The molecule has 32 heavy (non-hydrogen) atoms. The number of fused-ring (bicyclic) bond motifs is 2. The maximum atomic E-state index is 12.2. The normalized spacial score (nSPS) is 11.1. The van der Waals surface area contributed by atoms with Gasteiger partial charge in [-0.3, -0.25) is 10.1 Å². The number of benzene rings is 3. The Morgan fingerprint density at radius 3 is 2.47 bits per heavy atom. The van der Waals surface area contributed by atoms with Gasteiger partial charge in [-0.05, 0) is 62.2 Å². The highest BCUT2D eigenvalue weighted by Gasteiger charge is 2.22. The van der Waals surface area contributed by atoms with E-state index in [0.717, 1.165) is 5.56 Å². The van der Waals surface area contributed by atoms with Crippen molar-refractivity contribution >= 4 is 28.7 Å². The van der Waals surface area contributed by atoms with Crippen LogP contribution in [0.5, 0.6) is 0 Å². The first-order valence-corrected chi connectivity index (χ1v) is 10.1. The van der Waals surface area contributed by atoms with Crippen molar-refractivity contribution in [2.75, 3.05) is 5.32 Å². The number of hydrogen-bond donors (Lipinski definition) is 2. The largest absolute Gasteiger partial charge is 0.478 e. The molecule has 7 nitrogen and oxygen atoms in total. The number of carbonyl (C=O) groups excluding carboxylic acids is 1. The fourth-order valence-electron chi connectivity index (χ4n) is 3.65. The number of carboxylic acids is 1. The van der Waals surface area contributed by atoms with Gasteiger partial charge in [0, 0.05) is 28.3 Å². The predicted molar refractivity (Wildman–Crippen MR) is 121 cm³/mol. The standard InChI is InChI=1S/C25H21NO6/c1-13(2)31-25(30)26-15-5-8-17(20(11-15)24(28)29)23-18-7-4-14(3)10-21(18)32-22-12-16(27)6-9-19(22)23/h4-13H,1-3H3,(H,26,30)(H,28,29). The van der Waals surface area contributed by atoms with Crippen molar-refractivity contribution in [3.63, 3.8) is 0 Å². The molecule has 2 aromatic rings. The number of aromatic carboxylic acids is 1. The third kappa shape index (κ3) is 4.05. The molecule has 0 bridgehead atoms. The van der Waals surface area contributed by atoms with Gasteiger partial charge in [-0.2, -0.15) is 0 Å². The zero-order valence-corrected chi connectivity index (χ0v) is 17.8. The number of nitrogens with one attached hydrogen (secondary N) is 1. The van der Waals surface area contributed by atoms with E-state index in [1.54, 1.807) is 32.0 Å². The third-order valence-electron chi connectivity index (χ3n) is 4.96. The van der Waals surface area contributed by atoms with Crippen LogP contribution in [-0.2, 0) is 4.74 Å². The molecular formula is C25H21NO6. The molecule has 1 aliphatic carbocycles. The molecule has 2 aromatic carbocycles. The average molecular weight is 431 g/mol. The monoisotopic (exact) mass is 431 g/mol. The lowest BCUT2D eigenvalue weighted by Crippen LogP contribution is -2.18. The van der Waals surface area contributed by atoms with Crippen LogP contribution in [0.4, 0.5) is 10.5 Å². The molecule has 7 heteroatoms. The van der Waals surface area contributed by atoms with E-state index in [-0.39, 0.29) is 17.1 Å². The summed E-state index contributed by atoms with van der Waals surface area (Å²) in [5, 5.41) is 13.2. The van der Waals surface area contributed by atoms with Gasteiger partial charge < -0.3 is 14.3 Å². The Bertz CT molecular complexity index is 1390. The Morgan fingerprint density at radius 1 is 1.00 bits per heavy atom. The first-order valence-electron chi connectivity index (χ1n) is 10.1. The molecule has 1 aliphatic heterocycles. The van der Waals surface area contributed by atoms with Crippen LogP contribution in [0.1, 0.15) is 29.8 Å². The van der Waals surface area contributed by atoms with Gasteiger partial charge in [-0.1, -0.05) is 18.2 Å². The average Bonchev–Trinajstić information content (AvgIpc) is 2.71. The zero-order chi connectivity index (χ0) is 23.0. The van der Waals surface area contributed by atoms with E-state index in [4.69, 9.17) is 9.15 Å².